The van der Waals surface area contributed by atoms with Crippen molar-refractivity contribution in [3.8, 4) is 28.6 Å². The van der Waals surface area contributed by atoms with Gasteiger partial charge in [0.2, 0.25) is 23.6 Å². The Hall–Kier alpha value is -7.49. The molecule has 6 aliphatic rings. The molecule has 5 saturated heterocycles. The molecule has 21 nitrogen and oxygen atoms in total. The van der Waals surface area contributed by atoms with E-state index in [4.69, 9.17) is 25.5 Å². The molecule has 2 aromatic carbocycles. The summed E-state index contributed by atoms with van der Waals surface area (Å²) in [5, 5.41) is 37.4. The Morgan fingerprint density at radius 3 is 2.26 bits per heavy atom. The Kier molecular flexibility index (Phi) is 15.5. The molecular weight excluding hydrogens is 1030 g/mol. The minimum absolute atomic E-state index is 0.0687. The van der Waals surface area contributed by atoms with Gasteiger partial charge in [0, 0.05) is 131 Å². The molecule has 6 atom stereocenters. The Bertz CT molecular complexity index is 3140. The van der Waals surface area contributed by atoms with Crippen LogP contribution in [0, 0.1) is 11.8 Å². The van der Waals surface area contributed by atoms with Crippen molar-refractivity contribution < 1.29 is 33.8 Å². The van der Waals surface area contributed by atoms with Gasteiger partial charge in [0.05, 0.1) is 35.7 Å². The summed E-state index contributed by atoms with van der Waals surface area (Å²) in [4.78, 5) is 48.1. The molecule has 2 amide bonds. The second kappa shape index (κ2) is 23.2. The van der Waals surface area contributed by atoms with Gasteiger partial charge in [-0.15, -0.1) is 10.2 Å². The van der Waals surface area contributed by atoms with E-state index in [0.717, 1.165) is 126 Å². The predicted molar refractivity (Wildman–Crippen MR) is 307 cm³/mol. The van der Waals surface area contributed by atoms with Gasteiger partial charge in [-0.25, -0.2) is 9.97 Å². The van der Waals surface area contributed by atoms with Gasteiger partial charge in [-0.2, -0.15) is 0 Å². The number of pyridine rings is 1. The summed E-state index contributed by atoms with van der Waals surface area (Å²) in [6, 6.07) is 22.3. The average Bonchev–Trinajstić information content (AvgIpc) is 4.30. The molecule has 6 fully saturated rings. The number of likely N-dealkylation sites (tertiary alicyclic amines) is 2. The molecular formula is C60H76N14O7. The first-order valence-corrected chi connectivity index (χ1v) is 29.1. The van der Waals surface area contributed by atoms with Crippen LogP contribution in [0.5, 0.6) is 11.6 Å². The number of piperazine rings is 1. The number of hydrogen-bond donors (Lipinski definition) is 5. The Labute approximate surface area is 472 Å². The van der Waals surface area contributed by atoms with Crippen LogP contribution in [0.3, 0.4) is 0 Å². The number of amides is 2. The first-order valence-electron chi connectivity index (χ1n) is 29.1. The van der Waals surface area contributed by atoms with Crippen molar-refractivity contribution in [2.45, 2.75) is 133 Å². The number of benzene rings is 2. The van der Waals surface area contributed by atoms with Gasteiger partial charge in [-0.05, 0) is 99.2 Å². The van der Waals surface area contributed by atoms with Crippen molar-refractivity contribution >= 4 is 40.8 Å². The lowest BCUT2D eigenvalue weighted by Crippen LogP contribution is -2.54. The number of nitrogen functional groups attached to an aromatic ring is 2. The lowest BCUT2D eigenvalue weighted by atomic mass is 9.91. The molecule has 9 heterocycles. The smallest absolute Gasteiger partial charge is 0.243 e. The highest BCUT2D eigenvalue weighted by atomic mass is 16.5. The summed E-state index contributed by atoms with van der Waals surface area (Å²) < 4.78 is 20.8. The average molecular weight is 1110 g/mol. The summed E-state index contributed by atoms with van der Waals surface area (Å²) in [5.74, 6) is 2.00. The van der Waals surface area contributed by atoms with Crippen LogP contribution in [0.1, 0.15) is 102 Å². The van der Waals surface area contributed by atoms with E-state index >= 15 is 0 Å². The number of β-amino-alcohol motifs (C(OH)–C–C–N with tert-alkyl or cyclic N) is 1. The molecule has 0 radical (unpaired) electrons. The van der Waals surface area contributed by atoms with Crippen LogP contribution in [0.25, 0.3) is 16.9 Å². The minimum atomic E-state index is -0.823. The molecule has 0 spiro atoms. The highest BCUT2D eigenvalue weighted by Crippen LogP contribution is 2.41. The van der Waals surface area contributed by atoms with E-state index in [0.29, 0.717) is 52.7 Å². The van der Waals surface area contributed by atoms with Gasteiger partial charge >= 0.3 is 0 Å². The third kappa shape index (κ3) is 11.6. The van der Waals surface area contributed by atoms with Gasteiger partial charge < -0.3 is 65.5 Å². The van der Waals surface area contributed by atoms with Crippen LogP contribution in [0.2, 0.25) is 0 Å². The number of rotatable bonds is 17. The standard InChI is InChI=1S/C60H76N14O7/c1-36(2)56(59(78)73-35-44(75)27-51(73)58(77)65-37(3)39-8-10-40(11-9-39)72-25-20-64-60(72)62)53-31-54(68-81-53)70-23-15-38(16-24-70)32-69-21-17-45(18-22-69)79-46-28-47(29-46)80-55-26-41(14-19-63-55)74-42-12-13-43(74)34-71(33-42)50-30-49(66-67-57(50)61)48-6-4-5-7-52(48)76/h4-11,14,19-20,25-26,30-31,36-38,42-47,51,56,75-76H,12-13,15-18,21-24,27-29,32-35H2,1-3H3,(H2,61,67)(H2,62,64)(H,65,77)/t37-,42?,43?,44+,46?,47?,51-,56+/m0/s1. The molecule has 2 unspecified atom stereocenters. The first kappa shape index (κ1) is 54.1. The van der Waals surface area contributed by atoms with Gasteiger partial charge in [0.1, 0.15) is 23.8 Å². The fourth-order valence-electron chi connectivity index (χ4n) is 13.4. The zero-order chi connectivity index (χ0) is 55.9. The van der Waals surface area contributed by atoms with Gasteiger partial charge in [0.25, 0.3) is 0 Å². The number of nitrogens with zero attached hydrogens (tertiary/aromatic N) is 11. The number of hydrogen-bond acceptors (Lipinski definition) is 18. The number of para-hydroxylation sites is 1. The van der Waals surface area contributed by atoms with Gasteiger partial charge in [0.15, 0.2) is 17.4 Å². The molecule has 4 aromatic heterocycles. The van der Waals surface area contributed by atoms with E-state index < -0.39 is 18.1 Å². The van der Waals surface area contributed by atoms with E-state index in [-0.39, 0.29) is 60.8 Å². The first-order chi connectivity index (χ1) is 39.3. The van der Waals surface area contributed by atoms with Crippen LogP contribution < -0.4 is 36.2 Å². The fraction of sp³-hybridized carbons (Fsp3) is 0.517. The minimum Gasteiger partial charge on any atom is -0.507 e. The second-order valence-corrected chi connectivity index (χ2v) is 23.6. The number of ether oxygens (including phenoxy) is 2. The second-order valence-electron chi connectivity index (χ2n) is 23.6. The van der Waals surface area contributed by atoms with Gasteiger partial charge in [-0.1, -0.05) is 43.3 Å². The molecule has 5 aliphatic heterocycles. The number of anilines is 5. The maximum Gasteiger partial charge on any atom is 0.243 e. The zero-order valence-corrected chi connectivity index (χ0v) is 46.5. The number of nitrogens with two attached hydrogens (primary N) is 2. The predicted octanol–water partition coefficient (Wildman–Crippen LogP) is 6.33. The van der Waals surface area contributed by atoms with E-state index in [2.05, 4.69) is 62.4 Å². The van der Waals surface area contributed by atoms with E-state index in [9.17, 15) is 19.8 Å². The van der Waals surface area contributed by atoms with E-state index in [1.54, 1.807) is 29.1 Å². The number of carbonyl (C=O) groups excluding carboxylic acids is 2. The van der Waals surface area contributed by atoms with E-state index in [1.807, 2.05) is 75.5 Å². The number of aliphatic hydroxyl groups excluding tert-OH is 1. The SMILES string of the molecule is CC(C)[C@@H](C(=O)N1C[C@H](O)C[C@H]1C(=O)N[C@@H](C)c1ccc(-n2ccnc2N)cc1)c1cc(N2CCC(CN3CCC(OC4CC(Oc5cc(N6C7CCC6CN(c6cc(-c8ccccc8O)nnc6N)C7)ccn5)C4)CC3)CC2)no1. The van der Waals surface area contributed by atoms with Crippen LogP contribution in [-0.4, -0.2) is 157 Å². The number of aliphatic hydroxyl groups is 1. The Morgan fingerprint density at radius 1 is 0.790 bits per heavy atom. The molecule has 21 heteroatoms. The number of imidazole rings is 1. The third-order valence-electron chi connectivity index (χ3n) is 17.9. The van der Waals surface area contributed by atoms with E-state index in [1.165, 1.54) is 4.90 Å². The number of phenols is 1. The molecule has 2 bridgehead atoms. The summed E-state index contributed by atoms with van der Waals surface area (Å²) >= 11 is 0. The molecule has 428 valence electrons. The number of phenolic OH excluding ortho intramolecular Hbond substituents is 1. The van der Waals surface area contributed by atoms with Crippen LogP contribution in [0.4, 0.5) is 29.0 Å². The molecule has 81 heavy (non-hydrogen) atoms. The largest absolute Gasteiger partial charge is 0.507 e. The van der Waals surface area contributed by atoms with Crippen molar-refractivity contribution in [1.82, 2.24) is 45.0 Å². The van der Waals surface area contributed by atoms with Crippen molar-refractivity contribution in [3.05, 3.63) is 103 Å². The number of aromatic hydroxyl groups is 1. The Balaban J connectivity index is 0.564. The van der Waals surface area contributed by atoms with Crippen LogP contribution in [0.15, 0.2) is 95.9 Å². The quantitative estimate of drug-likeness (QED) is 0.0669. The number of aromatic nitrogens is 6. The number of nitrogens with one attached hydrogen (secondary N) is 1. The summed E-state index contributed by atoms with van der Waals surface area (Å²) in [5.41, 5.74) is 17.3. The lowest BCUT2D eigenvalue weighted by Gasteiger charge is -2.43. The maximum atomic E-state index is 14.4. The zero-order valence-electron chi connectivity index (χ0n) is 46.5. The topological polar surface area (TPSA) is 256 Å². The lowest BCUT2D eigenvalue weighted by molar-refractivity contribution is -0.141. The van der Waals surface area contributed by atoms with Crippen molar-refractivity contribution in [2.24, 2.45) is 11.8 Å². The summed E-state index contributed by atoms with van der Waals surface area (Å²) in [7, 11) is 0. The monoisotopic (exact) mass is 1100 g/mol. The van der Waals surface area contributed by atoms with Crippen molar-refractivity contribution in [2.75, 3.05) is 78.5 Å². The number of piperidine rings is 2. The summed E-state index contributed by atoms with van der Waals surface area (Å²) in [6.45, 7) is 12.3. The van der Waals surface area contributed by atoms with Crippen LogP contribution in [-0.2, 0) is 14.3 Å². The Morgan fingerprint density at radius 2 is 1.54 bits per heavy atom. The molecule has 6 aromatic rings. The van der Waals surface area contributed by atoms with Crippen LogP contribution >= 0.6 is 0 Å². The molecule has 1 saturated carbocycles. The summed E-state index contributed by atoms with van der Waals surface area (Å²) in [6.07, 6.45) is 13.2. The van der Waals surface area contributed by atoms with Crippen molar-refractivity contribution in [1.29, 1.82) is 0 Å². The molecule has 12 rings (SSSR count). The number of fused-ring (bicyclic) bond motifs is 2. The fourth-order valence-corrected chi connectivity index (χ4v) is 13.4. The highest BCUT2D eigenvalue weighted by molar-refractivity contribution is 5.91. The normalized spacial score (nSPS) is 24.4. The van der Waals surface area contributed by atoms with Crippen molar-refractivity contribution in [3.63, 3.8) is 0 Å². The number of carbonyl (C=O) groups is 2. The molecule has 7 N–H and O–H groups in total. The maximum absolute atomic E-state index is 14.4. The van der Waals surface area contributed by atoms with Gasteiger partial charge in [-0.3, -0.25) is 14.2 Å². The molecule has 1 aliphatic carbocycles. The third-order valence-corrected chi connectivity index (χ3v) is 17.9. The highest BCUT2D eigenvalue weighted by Gasteiger charge is 2.45.